The highest BCUT2D eigenvalue weighted by atomic mass is 35.5. The first-order valence-corrected chi connectivity index (χ1v) is 5.57. The Morgan fingerprint density at radius 3 is 2.12 bits per heavy atom. The highest BCUT2D eigenvalue weighted by molar-refractivity contribution is 6.41. The number of hydrogen-bond donors (Lipinski definition) is 1. The molecule has 0 bridgehead atoms. The molecule has 0 aliphatic carbocycles. The van der Waals surface area contributed by atoms with Crippen molar-refractivity contribution in [1.82, 2.24) is 4.98 Å². The van der Waals surface area contributed by atoms with Crippen molar-refractivity contribution in [2.75, 3.05) is 5.73 Å². The number of nitrogens with two attached hydrogens (primary N) is 1. The largest absolute Gasteiger partial charge is 0.397 e. The van der Waals surface area contributed by atoms with Gasteiger partial charge in [0.1, 0.15) is 0 Å². The lowest BCUT2D eigenvalue weighted by molar-refractivity contribution is 1.33. The number of halogens is 3. The van der Waals surface area contributed by atoms with E-state index in [1.54, 1.807) is 30.6 Å². The molecule has 16 heavy (non-hydrogen) atoms. The summed E-state index contributed by atoms with van der Waals surface area (Å²) in [7, 11) is 0. The molecule has 82 valence electrons. The zero-order valence-corrected chi connectivity index (χ0v) is 10.3. The van der Waals surface area contributed by atoms with Crippen LogP contribution in [0.25, 0.3) is 11.1 Å². The van der Waals surface area contributed by atoms with Crippen molar-refractivity contribution in [2.24, 2.45) is 0 Å². The predicted molar refractivity (Wildman–Crippen MR) is 69.1 cm³/mol. The Morgan fingerprint density at radius 2 is 1.56 bits per heavy atom. The molecule has 5 heteroatoms. The summed E-state index contributed by atoms with van der Waals surface area (Å²) in [6.45, 7) is 0. The lowest BCUT2D eigenvalue weighted by Crippen LogP contribution is -1.89. The SMILES string of the molecule is Nc1cncc(-c2c(Cl)cc(Cl)cc2Cl)c1. The van der Waals surface area contributed by atoms with Crippen molar-refractivity contribution in [3.05, 3.63) is 45.7 Å². The summed E-state index contributed by atoms with van der Waals surface area (Å²) in [5.74, 6) is 0. The number of aromatic nitrogens is 1. The van der Waals surface area contributed by atoms with Crippen molar-refractivity contribution in [3.8, 4) is 11.1 Å². The van der Waals surface area contributed by atoms with Gasteiger partial charge in [-0.15, -0.1) is 0 Å². The van der Waals surface area contributed by atoms with Gasteiger partial charge in [0.15, 0.2) is 0 Å². The number of nitrogens with zero attached hydrogens (tertiary/aromatic N) is 1. The first-order valence-electron chi connectivity index (χ1n) is 4.43. The molecule has 2 rings (SSSR count). The normalized spacial score (nSPS) is 10.4. The maximum Gasteiger partial charge on any atom is 0.0514 e. The summed E-state index contributed by atoms with van der Waals surface area (Å²) in [4.78, 5) is 3.99. The van der Waals surface area contributed by atoms with E-state index >= 15 is 0 Å². The Kier molecular flexibility index (Phi) is 3.24. The van der Waals surface area contributed by atoms with Gasteiger partial charge < -0.3 is 5.73 Å². The van der Waals surface area contributed by atoms with Crippen LogP contribution in [0.1, 0.15) is 0 Å². The van der Waals surface area contributed by atoms with Crippen LogP contribution in [0.15, 0.2) is 30.6 Å². The molecule has 0 spiro atoms. The number of hydrogen-bond acceptors (Lipinski definition) is 2. The third-order valence-corrected chi connectivity index (χ3v) is 2.87. The lowest BCUT2D eigenvalue weighted by Gasteiger charge is -2.08. The Balaban J connectivity index is 2.64. The van der Waals surface area contributed by atoms with Gasteiger partial charge in [0.05, 0.1) is 15.7 Å². The average Bonchev–Trinajstić information content (AvgIpc) is 2.15. The molecule has 2 N–H and O–H groups in total. The minimum atomic E-state index is 0.477. The Morgan fingerprint density at radius 1 is 0.938 bits per heavy atom. The molecule has 0 atom stereocenters. The summed E-state index contributed by atoms with van der Waals surface area (Å²) in [6, 6.07) is 5.02. The number of rotatable bonds is 1. The molecule has 1 aromatic heterocycles. The molecule has 0 saturated carbocycles. The van der Waals surface area contributed by atoms with E-state index in [0.29, 0.717) is 26.3 Å². The van der Waals surface area contributed by atoms with Crippen LogP contribution in [0.5, 0.6) is 0 Å². The van der Waals surface area contributed by atoms with Crippen LogP contribution in [0.4, 0.5) is 5.69 Å². The zero-order valence-electron chi connectivity index (χ0n) is 8.05. The minimum absolute atomic E-state index is 0.477. The van der Waals surface area contributed by atoms with Crippen LogP contribution < -0.4 is 5.73 Å². The van der Waals surface area contributed by atoms with Gasteiger partial charge in [0, 0.05) is 28.5 Å². The van der Waals surface area contributed by atoms with E-state index in [1.165, 1.54) is 0 Å². The third kappa shape index (κ3) is 2.24. The second-order valence-electron chi connectivity index (χ2n) is 3.25. The first kappa shape index (κ1) is 11.5. The van der Waals surface area contributed by atoms with Crippen LogP contribution in [-0.4, -0.2) is 4.98 Å². The monoisotopic (exact) mass is 272 g/mol. The fraction of sp³-hybridized carbons (Fsp3) is 0. The van der Waals surface area contributed by atoms with Gasteiger partial charge in [-0.3, -0.25) is 4.98 Å². The summed E-state index contributed by atoms with van der Waals surface area (Å²) in [5, 5.41) is 1.45. The summed E-state index contributed by atoms with van der Waals surface area (Å²) in [6.07, 6.45) is 3.21. The second-order valence-corrected chi connectivity index (χ2v) is 4.50. The maximum absolute atomic E-state index is 6.08. The Bertz CT molecular complexity index is 517. The highest BCUT2D eigenvalue weighted by Gasteiger charge is 2.10. The quantitative estimate of drug-likeness (QED) is 0.842. The van der Waals surface area contributed by atoms with Gasteiger partial charge in [-0.2, -0.15) is 0 Å². The van der Waals surface area contributed by atoms with E-state index in [0.717, 1.165) is 5.56 Å². The third-order valence-electron chi connectivity index (χ3n) is 2.05. The molecule has 1 heterocycles. The van der Waals surface area contributed by atoms with Crippen LogP contribution >= 0.6 is 34.8 Å². The van der Waals surface area contributed by atoms with Gasteiger partial charge in [-0.1, -0.05) is 34.8 Å². The predicted octanol–water partition coefficient (Wildman–Crippen LogP) is 4.29. The molecule has 0 aliphatic heterocycles. The van der Waals surface area contributed by atoms with Crippen molar-refractivity contribution >= 4 is 40.5 Å². The summed E-state index contributed by atoms with van der Waals surface area (Å²) >= 11 is 18.0. The van der Waals surface area contributed by atoms with Crippen molar-refractivity contribution in [2.45, 2.75) is 0 Å². The van der Waals surface area contributed by atoms with Crippen LogP contribution in [0.2, 0.25) is 15.1 Å². The van der Waals surface area contributed by atoms with Gasteiger partial charge in [-0.25, -0.2) is 0 Å². The maximum atomic E-state index is 6.08. The fourth-order valence-corrected chi connectivity index (χ4v) is 2.45. The van der Waals surface area contributed by atoms with Gasteiger partial charge in [0.2, 0.25) is 0 Å². The molecule has 1 aromatic carbocycles. The van der Waals surface area contributed by atoms with E-state index in [4.69, 9.17) is 40.5 Å². The van der Waals surface area contributed by atoms with E-state index in [1.807, 2.05) is 0 Å². The van der Waals surface area contributed by atoms with E-state index in [9.17, 15) is 0 Å². The molecular weight excluding hydrogens is 266 g/mol. The van der Waals surface area contributed by atoms with Gasteiger partial charge in [-0.05, 0) is 18.2 Å². The van der Waals surface area contributed by atoms with Crippen molar-refractivity contribution in [1.29, 1.82) is 0 Å². The van der Waals surface area contributed by atoms with Crippen LogP contribution in [0.3, 0.4) is 0 Å². The molecule has 0 amide bonds. The van der Waals surface area contributed by atoms with E-state index in [2.05, 4.69) is 4.98 Å². The molecule has 0 saturated heterocycles. The Labute approximate surface area is 108 Å². The smallest absolute Gasteiger partial charge is 0.0514 e. The zero-order chi connectivity index (χ0) is 11.7. The number of nitrogen functional groups attached to an aromatic ring is 1. The van der Waals surface area contributed by atoms with E-state index < -0.39 is 0 Å². The van der Waals surface area contributed by atoms with Gasteiger partial charge >= 0.3 is 0 Å². The molecular formula is C11H7Cl3N2. The summed E-state index contributed by atoms with van der Waals surface area (Å²) in [5.41, 5.74) is 7.66. The second kappa shape index (κ2) is 4.50. The highest BCUT2D eigenvalue weighted by Crippen LogP contribution is 2.37. The minimum Gasteiger partial charge on any atom is -0.397 e. The number of pyridine rings is 1. The molecule has 0 fully saturated rings. The molecule has 0 radical (unpaired) electrons. The molecule has 0 aliphatic rings. The lowest BCUT2D eigenvalue weighted by atomic mass is 10.1. The van der Waals surface area contributed by atoms with E-state index in [-0.39, 0.29) is 0 Å². The fourth-order valence-electron chi connectivity index (χ4n) is 1.41. The summed E-state index contributed by atoms with van der Waals surface area (Å²) < 4.78 is 0. The average molecular weight is 274 g/mol. The number of benzene rings is 1. The van der Waals surface area contributed by atoms with Gasteiger partial charge in [0.25, 0.3) is 0 Å². The molecule has 0 unspecified atom stereocenters. The number of anilines is 1. The van der Waals surface area contributed by atoms with Crippen LogP contribution in [0, 0.1) is 0 Å². The molecule has 2 aromatic rings. The van der Waals surface area contributed by atoms with Crippen LogP contribution in [-0.2, 0) is 0 Å². The first-order chi connectivity index (χ1) is 7.58. The van der Waals surface area contributed by atoms with Crippen molar-refractivity contribution < 1.29 is 0 Å². The topological polar surface area (TPSA) is 38.9 Å². The van der Waals surface area contributed by atoms with Crippen molar-refractivity contribution in [3.63, 3.8) is 0 Å². The Hall–Kier alpha value is -0.960. The standard InChI is InChI=1S/C11H7Cl3N2/c12-7-2-9(13)11(10(14)3-7)6-1-8(15)5-16-4-6/h1-5H,15H2. The molecule has 2 nitrogen and oxygen atoms in total.